The third-order valence-corrected chi connectivity index (χ3v) is 8.50. The van der Waals surface area contributed by atoms with E-state index in [0.717, 1.165) is 60.5 Å². The van der Waals surface area contributed by atoms with Crippen molar-refractivity contribution in [1.82, 2.24) is 4.57 Å². The van der Waals surface area contributed by atoms with Crippen LogP contribution in [0.25, 0.3) is 82.8 Å². The Kier molecular flexibility index (Phi) is 4.01. The molecular weight excluding hydrogens is 542 g/mol. The van der Waals surface area contributed by atoms with Gasteiger partial charge in [-0.25, -0.2) is 0 Å². The van der Waals surface area contributed by atoms with Gasteiger partial charge in [0.1, 0.15) is 0 Å². The summed E-state index contributed by atoms with van der Waals surface area (Å²) >= 11 is 0. The number of hydrogen-bond acceptors (Lipinski definition) is 0. The Labute approximate surface area is 276 Å². The highest BCUT2D eigenvalue weighted by Gasteiger charge is 2.19. The summed E-state index contributed by atoms with van der Waals surface area (Å²) in [6, 6.07) is 34.7. The maximum absolute atomic E-state index is 8.43. The van der Waals surface area contributed by atoms with Crippen LogP contribution in [0.15, 0.2) is 176 Å². The molecular formula is C44H29N. The van der Waals surface area contributed by atoms with Crippen molar-refractivity contribution in [2.24, 2.45) is 0 Å². The Bertz CT molecular complexity index is 2760. The summed E-state index contributed by atoms with van der Waals surface area (Å²) in [5, 5.41) is 4.37. The highest BCUT2D eigenvalue weighted by Crippen LogP contribution is 2.43. The van der Waals surface area contributed by atoms with Crippen molar-refractivity contribution in [2.45, 2.75) is 0 Å². The first-order valence-corrected chi connectivity index (χ1v) is 14.7. The van der Waals surface area contributed by atoms with E-state index < -0.39 is 12.1 Å². The van der Waals surface area contributed by atoms with Crippen molar-refractivity contribution in [3.05, 3.63) is 176 Å². The zero-order chi connectivity index (χ0) is 38.4. The van der Waals surface area contributed by atoms with Crippen LogP contribution in [0.5, 0.6) is 0 Å². The first-order chi connectivity index (χ1) is 26.4. The van der Waals surface area contributed by atoms with Crippen molar-refractivity contribution < 1.29 is 13.7 Å². The molecule has 210 valence electrons. The molecule has 0 saturated heterocycles. The van der Waals surface area contributed by atoms with E-state index >= 15 is 0 Å². The first kappa shape index (κ1) is 17.4. The van der Waals surface area contributed by atoms with Crippen LogP contribution in [-0.4, -0.2) is 4.57 Å². The fourth-order valence-electron chi connectivity index (χ4n) is 6.40. The van der Waals surface area contributed by atoms with Gasteiger partial charge < -0.3 is 4.57 Å². The van der Waals surface area contributed by atoms with Crippen molar-refractivity contribution >= 4 is 32.6 Å². The van der Waals surface area contributed by atoms with Crippen molar-refractivity contribution in [3.8, 4) is 50.2 Å². The molecule has 0 spiro atoms. The van der Waals surface area contributed by atoms with Crippen LogP contribution < -0.4 is 0 Å². The summed E-state index contributed by atoms with van der Waals surface area (Å²) < 4.78 is 84.4. The Balaban J connectivity index is 1.19. The number of benzene rings is 8. The number of para-hydroxylation sites is 1. The predicted octanol–water partition coefficient (Wildman–Crippen LogP) is 12.0. The Hall–Kier alpha value is -5.92. The molecule has 0 aliphatic rings. The second kappa shape index (κ2) is 10.4. The van der Waals surface area contributed by atoms with Gasteiger partial charge in [0.2, 0.25) is 0 Å². The summed E-state index contributed by atoms with van der Waals surface area (Å²) in [6.45, 7) is 0. The minimum absolute atomic E-state index is 0.169. The molecule has 0 aliphatic carbocycles. The minimum Gasteiger partial charge on any atom is -0.309 e. The van der Waals surface area contributed by atoms with Gasteiger partial charge in [-0.1, -0.05) is 139 Å². The van der Waals surface area contributed by atoms with Gasteiger partial charge >= 0.3 is 0 Å². The second-order valence-corrected chi connectivity index (χ2v) is 11.1. The molecule has 0 radical (unpaired) electrons. The molecule has 0 amide bonds. The monoisotopic (exact) mass is 581 g/mol. The molecule has 0 aliphatic heterocycles. The van der Waals surface area contributed by atoms with E-state index in [0.29, 0.717) is 11.1 Å². The van der Waals surface area contributed by atoms with E-state index in [2.05, 4.69) is 53.1 Å². The van der Waals surface area contributed by atoms with Gasteiger partial charge in [0.25, 0.3) is 0 Å². The number of aromatic nitrogens is 1. The largest absolute Gasteiger partial charge is 0.309 e. The third kappa shape index (κ3) is 4.32. The maximum atomic E-state index is 8.43. The summed E-state index contributed by atoms with van der Waals surface area (Å²) in [5.41, 5.74) is 8.20. The zero-order valence-corrected chi connectivity index (χ0v) is 23.9. The van der Waals surface area contributed by atoms with E-state index in [-0.39, 0.29) is 59.5 Å². The van der Waals surface area contributed by atoms with Crippen LogP contribution in [0, 0.1) is 0 Å². The molecule has 1 nitrogen and oxygen atoms in total. The van der Waals surface area contributed by atoms with Crippen molar-refractivity contribution in [2.75, 3.05) is 0 Å². The third-order valence-electron chi connectivity index (χ3n) is 8.50. The summed E-state index contributed by atoms with van der Waals surface area (Å²) in [7, 11) is 0. The molecule has 0 unspecified atom stereocenters. The Morgan fingerprint density at radius 1 is 0.356 bits per heavy atom. The number of hydrogen-bond donors (Lipinski definition) is 0. The van der Waals surface area contributed by atoms with Gasteiger partial charge in [0, 0.05) is 16.5 Å². The summed E-state index contributed by atoms with van der Waals surface area (Å²) in [5.74, 6) is 0. The van der Waals surface area contributed by atoms with Crippen LogP contribution in [0.3, 0.4) is 0 Å². The summed E-state index contributed by atoms with van der Waals surface area (Å²) in [6.07, 6.45) is 0. The van der Waals surface area contributed by atoms with Gasteiger partial charge in [-0.15, -0.1) is 0 Å². The molecule has 9 rings (SSSR count). The topological polar surface area (TPSA) is 4.93 Å². The smallest absolute Gasteiger partial charge is 0.0629 e. The average Bonchev–Trinajstić information content (AvgIpc) is 3.55. The molecule has 0 fully saturated rings. The lowest BCUT2D eigenvalue weighted by Crippen LogP contribution is -1.94. The lowest BCUT2D eigenvalue weighted by atomic mass is 9.94. The molecule has 0 saturated carbocycles. The van der Waals surface area contributed by atoms with Crippen LogP contribution in [0.1, 0.15) is 13.7 Å². The van der Waals surface area contributed by atoms with Gasteiger partial charge in [-0.2, -0.15) is 0 Å². The molecule has 9 aromatic rings. The van der Waals surface area contributed by atoms with E-state index in [9.17, 15) is 0 Å². The van der Waals surface area contributed by atoms with Crippen LogP contribution in [0.2, 0.25) is 0 Å². The summed E-state index contributed by atoms with van der Waals surface area (Å²) in [4.78, 5) is 0. The van der Waals surface area contributed by atoms with Gasteiger partial charge in [0.15, 0.2) is 0 Å². The fourth-order valence-corrected chi connectivity index (χ4v) is 6.40. The standard InChI is InChI=1S/C44H29N/c1-4-10-30(11-5-1)32-16-20-34(21-17-32)38-26-36-24-25-37-27-39(35-22-18-33(19-23-35)31-12-6-2-7-13-31)29-42-44(37)43(36)41(28-38)45(42)40-14-8-3-9-15-40/h1-29H/i1D,2D,4D,5D,6D,7D,10D,11D,12D,13D. The lowest BCUT2D eigenvalue weighted by Gasteiger charge is -2.11. The molecule has 1 heteroatoms. The highest BCUT2D eigenvalue weighted by atomic mass is 15.0. The van der Waals surface area contributed by atoms with E-state index in [1.54, 1.807) is 24.3 Å². The number of nitrogens with zero attached hydrogens (tertiary/aromatic N) is 1. The molecule has 1 aromatic heterocycles. The van der Waals surface area contributed by atoms with Crippen LogP contribution >= 0.6 is 0 Å². The quantitative estimate of drug-likeness (QED) is 0.178. The Morgan fingerprint density at radius 2 is 0.756 bits per heavy atom. The zero-order valence-electron chi connectivity index (χ0n) is 33.9. The molecule has 8 aromatic carbocycles. The van der Waals surface area contributed by atoms with E-state index in [1.165, 1.54) is 0 Å². The normalized spacial score (nSPS) is 14.7. The highest BCUT2D eigenvalue weighted by molar-refractivity contribution is 6.25. The molecule has 0 N–H and O–H groups in total. The minimum atomic E-state index is -0.417. The van der Waals surface area contributed by atoms with Gasteiger partial charge in [0.05, 0.1) is 24.7 Å². The lowest BCUT2D eigenvalue weighted by molar-refractivity contribution is 1.18. The van der Waals surface area contributed by atoms with Gasteiger partial charge in [-0.05, 0) is 91.7 Å². The van der Waals surface area contributed by atoms with Crippen LogP contribution in [-0.2, 0) is 0 Å². The van der Waals surface area contributed by atoms with Gasteiger partial charge in [-0.3, -0.25) is 0 Å². The average molecular weight is 582 g/mol. The van der Waals surface area contributed by atoms with Crippen molar-refractivity contribution in [1.29, 1.82) is 0 Å². The van der Waals surface area contributed by atoms with Crippen molar-refractivity contribution in [3.63, 3.8) is 0 Å². The van der Waals surface area contributed by atoms with E-state index in [1.807, 2.05) is 42.5 Å². The second-order valence-electron chi connectivity index (χ2n) is 11.1. The fraction of sp³-hybridized carbons (Fsp3) is 0. The van der Waals surface area contributed by atoms with Crippen LogP contribution in [0.4, 0.5) is 0 Å². The molecule has 1 heterocycles. The van der Waals surface area contributed by atoms with E-state index in [4.69, 9.17) is 13.7 Å². The first-order valence-electron chi connectivity index (χ1n) is 19.7. The predicted molar refractivity (Wildman–Crippen MR) is 191 cm³/mol. The molecule has 0 atom stereocenters. The molecule has 45 heavy (non-hydrogen) atoms. The SMILES string of the molecule is [2H]c1c([2H])c([2H])c(-c2ccc(-c3cc4ccc5cc(-c6ccc(-c7c([2H])c([2H])c([2H])c([2H])c7[2H])cc6)cc6c5c4c(c3)n6-c3ccccc3)cc2)c([2H])c1[2H]. The molecule has 0 bridgehead atoms. The Morgan fingerprint density at radius 3 is 1.18 bits per heavy atom. The maximum Gasteiger partial charge on any atom is 0.0629 e. The number of rotatable bonds is 5.